The van der Waals surface area contributed by atoms with Crippen LogP contribution in [0.3, 0.4) is 0 Å². The van der Waals surface area contributed by atoms with Crippen LogP contribution in [0.25, 0.3) is 0 Å². The highest BCUT2D eigenvalue weighted by molar-refractivity contribution is 5.90. The third kappa shape index (κ3) is 12.2. The maximum Gasteiger partial charge on any atom is 0.408 e. The smallest absolute Gasteiger partial charge is 0.408 e. The van der Waals surface area contributed by atoms with E-state index in [9.17, 15) is 19.2 Å². The summed E-state index contributed by atoms with van der Waals surface area (Å²) in [4.78, 5) is 48.2. The number of carbonyl (C=O) groups is 4. The number of rotatable bonds is 10. The van der Waals surface area contributed by atoms with Crippen molar-refractivity contribution in [2.75, 3.05) is 13.1 Å². The fraction of sp³-hybridized carbons (Fsp3) is 0.545. The first-order chi connectivity index (χ1) is 14.5. The molecule has 0 fully saturated rings. The molecule has 0 radical (unpaired) electrons. The van der Waals surface area contributed by atoms with Crippen molar-refractivity contribution < 1.29 is 28.7 Å². The first-order valence-corrected chi connectivity index (χ1v) is 10.2. The van der Waals surface area contributed by atoms with Crippen LogP contribution in [0.1, 0.15) is 46.6 Å². The zero-order valence-corrected chi connectivity index (χ0v) is 18.8. The van der Waals surface area contributed by atoms with Crippen LogP contribution in [0.2, 0.25) is 0 Å². The van der Waals surface area contributed by atoms with Gasteiger partial charge in [-0.2, -0.15) is 0 Å². The van der Waals surface area contributed by atoms with E-state index in [2.05, 4.69) is 16.0 Å². The lowest BCUT2D eigenvalue weighted by atomic mass is 10.0. The first-order valence-electron chi connectivity index (χ1n) is 10.2. The fourth-order valence-electron chi connectivity index (χ4n) is 2.49. The van der Waals surface area contributed by atoms with Crippen molar-refractivity contribution in [2.24, 2.45) is 5.92 Å². The molecule has 3 N–H and O–H groups in total. The van der Waals surface area contributed by atoms with E-state index in [1.807, 2.05) is 44.2 Å². The number of carbonyl (C=O) groups excluding carboxylic acids is 4. The number of hydrogen-bond acceptors (Lipinski definition) is 6. The SMILES string of the molecule is CC(C)CC(NC(=O)CNC(=O)OC(C)(C)C)C(=O)NCC(=O)OCc1ccccc1. The molecular formula is C22H33N3O6. The standard InChI is InChI=1S/C22H33N3O6/c1-15(2)11-17(25-18(26)12-24-21(29)31-22(3,4)5)20(28)23-13-19(27)30-14-16-9-7-6-8-10-16/h6-10,15,17H,11-14H2,1-5H3,(H,23,28)(H,24,29)(H,25,26). The van der Waals surface area contributed by atoms with Gasteiger partial charge in [0, 0.05) is 0 Å². The Morgan fingerprint density at radius 2 is 1.61 bits per heavy atom. The topological polar surface area (TPSA) is 123 Å². The van der Waals surface area contributed by atoms with Crippen LogP contribution in [0.15, 0.2) is 30.3 Å². The summed E-state index contributed by atoms with van der Waals surface area (Å²) in [5.74, 6) is -1.52. The van der Waals surface area contributed by atoms with E-state index < -0.39 is 35.5 Å². The maximum atomic E-state index is 12.5. The first kappa shape index (κ1) is 25.9. The lowest BCUT2D eigenvalue weighted by molar-refractivity contribution is -0.145. The van der Waals surface area contributed by atoms with Crippen LogP contribution in [0.5, 0.6) is 0 Å². The van der Waals surface area contributed by atoms with Crippen molar-refractivity contribution in [1.29, 1.82) is 0 Å². The number of ether oxygens (including phenoxy) is 2. The Bertz CT molecular complexity index is 743. The quantitative estimate of drug-likeness (QED) is 0.483. The molecule has 0 saturated carbocycles. The molecule has 0 aliphatic rings. The summed E-state index contributed by atoms with van der Waals surface area (Å²) in [5.41, 5.74) is 0.153. The van der Waals surface area contributed by atoms with E-state index in [1.54, 1.807) is 20.8 Å². The van der Waals surface area contributed by atoms with Crippen molar-refractivity contribution >= 4 is 23.9 Å². The monoisotopic (exact) mass is 435 g/mol. The average molecular weight is 436 g/mol. The third-order valence-corrected chi connectivity index (χ3v) is 3.80. The normalized spacial score (nSPS) is 11.9. The Balaban J connectivity index is 2.47. The molecule has 0 bridgehead atoms. The molecule has 0 aromatic heterocycles. The van der Waals surface area contributed by atoms with Crippen LogP contribution in [-0.4, -0.2) is 48.6 Å². The van der Waals surface area contributed by atoms with Crippen LogP contribution < -0.4 is 16.0 Å². The van der Waals surface area contributed by atoms with Crippen LogP contribution in [0, 0.1) is 5.92 Å². The summed E-state index contributed by atoms with van der Waals surface area (Å²) in [5, 5.41) is 7.40. The highest BCUT2D eigenvalue weighted by Gasteiger charge is 2.23. The molecule has 0 aliphatic carbocycles. The molecule has 0 aliphatic heterocycles. The Morgan fingerprint density at radius 3 is 2.19 bits per heavy atom. The molecule has 9 heteroatoms. The minimum absolute atomic E-state index is 0.109. The van der Waals surface area contributed by atoms with Gasteiger partial charge in [-0.25, -0.2) is 4.79 Å². The van der Waals surface area contributed by atoms with Gasteiger partial charge in [-0.05, 0) is 38.7 Å². The molecular weight excluding hydrogens is 402 g/mol. The molecule has 1 atom stereocenters. The van der Waals surface area contributed by atoms with E-state index in [0.29, 0.717) is 6.42 Å². The highest BCUT2D eigenvalue weighted by atomic mass is 16.6. The minimum Gasteiger partial charge on any atom is -0.460 e. The van der Waals surface area contributed by atoms with Gasteiger partial charge in [-0.15, -0.1) is 0 Å². The third-order valence-electron chi connectivity index (χ3n) is 3.80. The second-order valence-corrected chi connectivity index (χ2v) is 8.47. The Kier molecular flexibility index (Phi) is 10.5. The van der Waals surface area contributed by atoms with E-state index in [0.717, 1.165) is 5.56 Å². The van der Waals surface area contributed by atoms with Gasteiger partial charge in [0.2, 0.25) is 11.8 Å². The summed E-state index contributed by atoms with van der Waals surface area (Å²) in [6.07, 6.45) is -0.364. The van der Waals surface area contributed by atoms with Crippen molar-refractivity contribution in [3.8, 4) is 0 Å². The summed E-state index contributed by atoms with van der Waals surface area (Å²) < 4.78 is 10.2. The van der Waals surface area contributed by atoms with Gasteiger partial charge in [-0.1, -0.05) is 44.2 Å². The van der Waals surface area contributed by atoms with Crippen molar-refractivity contribution in [1.82, 2.24) is 16.0 Å². The summed E-state index contributed by atoms with van der Waals surface area (Å²) >= 11 is 0. The van der Waals surface area contributed by atoms with Gasteiger partial charge in [0.25, 0.3) is 0 Å². The number of hydrogen-bond donors (Lipinski definition) is 3. The summed E-state index contributed by atoms with van der Waals surface area (Å²) in [7, 11) is 0. The zero-order chi connectivity index (χ0) is 23.4. The number of nitrogens with one attached hydrogen (secondary N) is 3. The van der Waals surface area contributed by atoms with E-state index >= 15 is 0 Å². The van der Waals surface area contributed by atoms with Gasteiger partial charge in [0.15, 0.2) is 0 Å². The van der Waals surface area contributed by atoms with Gasteiger partial charge in [-0.3, -0.25) is 14.4 Å². The molecule has 3 amide bonds. The molecule has 1 rings (SSSR count). The predicted octanol–water partition coefficient (Wildman–Crippen LogP) is 1.90. The Morgan fingerprint density at radius 1 is 0.968 bits per heavy atom. The van der Waals surface area contributed by atoms with Gasteiger partial charge < -0.3 is 25.4 Å². The van der Waals surface area contributed by atoms with E-state index in [1.165, 1.54) is 0 Å². The van der Waals surface area contributed by atoms with Gasteiger partial charge >= 0.3 is 12.1 Å². The molecule has 0 spiro atoms. The Labute approximate surface area is 183 Å². The summed E-state index contributed by atoms with van der Waals surface area (Å²) in [6.45, 7) is 8.39. The zero-order valence-electron chi connectivity index (χ0n) is 18.8. The second kappa shape index (κ2) is 12.6. The highest BCUT2D eigenvalue weighted by Crippen LogP contribution is 2.07. The van der Waals surface area contributed by atoms with Crippen molar-refractivity contribution in [2.45, 2.75) is 59.3 Å². The van der Waals surface area contributed by atoms with Crippen molar-refractivity contribution in [3.05, 3.63) is 35.9 Å². The summed E-state index contributed by atoms with van der Waals surface area (Å²) in [6, 6.07) is 8.33. The maximum absolute atomic E-state index is 12.5. The van der Waals surface area contributed by atoms with Crippen LogP contribution in [0.4, 0.5) is 4.79 Å². The lowest BCUT2D eigenvalue weighted by Crippen LogP contribution is -2.51. The molecule has 0 heterocycles. The minimum atomic E-state index is -0.852. The van der Waals surface area contributed by atoms with Crippen molar-refractivity contribution in [3.63, 3.8) is 0 Å². The van der Waals surface area contributed by atoms with Gasteiger partial charge in [0.1, 0.15) is 31.3 Å². The molecule has 172 valence electrons. The average Bonchev–Trinajstić information content (AvgIpc) is 2.67. The molecule has 1 aromatic carbocycles. The largest absolute Gasteiger partial charge is 0.460 e. The van der Waals surface area contributed by atoms with Crippen LogP contribution in [-0.2, 0) is 30.5 Å². The molecule has 0 saturated heterocycles. The molecule has 1 unspecified atom stereocenters. The fourth-order valence-corrected chi connectivity index (χ4v) is 2.49. The molecule has 1 aromatic rings. The van der Waals surface area contributed by atoms with E-state index in [-0.39, 0.29) is 25.6 Å². The number of benzene rings is 1. The predicted molar refractivity (Wildman–Crippen MR) is 115 cm³/mol. The number of alkyl carbamates (subject to hydrolysis) is 1. The van der Waals surface area contributed by atoms with E-state index in [4.69, 9.17) is 9.47 Å². The number of esters is 1. The lowest BCUT2D eigenvalue weighted by Gasteiger charge is -2.21. The van der Waals surface area contributed by atoms with Crippen LogP contribution >= 0.6 is 0 Å². The molecule has 9 nitrogen and oxygen atoms in total. The number of amides is 3. The second-order valence-electron chi connectivity index (χ2n) is 8.47. The Hall–Kier alpha value is -3.10. The molecule has 31 heavy (non-hydrogen) atoms. The van der Waals surface area contributed by atoms with Gasteiger partial charge in [0.05, 0.1) is 0 Å².